The normalized spacial score (nSPS) is 11.5. The number of benzene rings is 2. The van der Waals surface area contributed by atoms with Gasteiger partial charge in [-0.05, 0) is 48.5 Å². The van der Waals surface area contributed by atoms with Gasteiger partial charge in [-0.25, -0.2) is 18.1 Å². The molecule has 0 saturated carbocycles. The van der Waals surface area contributed by atoms with Crippen LogP contribution in [0.5, 0.6) is 0 Å². The summed E-state index contributed by atoms with van der Waals surface area (Å²) in [7, 11) is -3.69. The van der Waals surface area contributed by atoms with Gasteiger partial charge in [0.2, 0.25) is 10.0 Å². The number of furan rings is 1. The fraction of sp³-hybridized carbons (Fsp3) is 0.0526. The summed E-state index contributed by atoms with van der Waals surface area (Å²) in [6.45, 7) is 0.0211. The lowest BCUT2D eigenvalue weighted by Crippen LogP contribution is -2.22. The summed E-state index contributed by atoms with van der Waals surface area (Å²) in [4.78, 5) is 4.63. The average Bonchev–Trinajstić information content (AvgIpc) is 3.33. The molecule has 6 nitrogen and oxygen atoms in total. The number of para-hydroxylation sites is 1. The number of hydrogen-bond donors (Lipinski definition) is 1. The van der Waals surface area contributed by atoms with Crippen molar-refractivity contribution in [1.29, 1.82) is 5.26 Å². The summed E-state index contributed by atoms with van der Waals surface area (Å²) in [5.41, 5.74) is 1.30. The fourth-order valence-electron chi connectivity index (χ4n) is 2.52. The molecule has 0 fully saturated rings. The van der Waals surface area contributed by atoms with E-state index in [0.29, 0.717) is 17.1 Å². The molecule has 0 aliphatic carbocycles. The molecule has 0 unspecified atom stereocenters. The molecule has 0 bridgehead atoms. The third-order valence-corrected chi connectivity index (χ3v) is 6.36. The molecule has 0 aliphatic rings. The number of aromatic nitrogens is 1. The molecule has 0 aliphatic heterocycles. The first kappa shape index (κ1) is 17.4. The Morgan fingerprint density at radius 2 is 1.85 bits per heavy atom. The number of nitrogens with zero attached hydrogens (tertiary/aromatic N) is 2. The minimum Gasteiger partial charge on any atom is -0.457 e. The topological polar surface area (TPSA) is 96.0 Å². The van der Waals surface area contributed by atoms with Gasteiger partial charge in [-0.2, -0.15) is 5.26 Å². The monoisotopic (exact) mass is 395 g/mol. The lowest BCUT2D eigenvalue weighted by molar-refractivity contribution is 0.509. The van der Waals surface area contributed by atoms with E-state index in [0.717, 1.165) is 15.2 Å². The van der Waals surface area contributed by atoms with Crippen LogP contribution in [-0.4, -0.2) is 13.4 Å². The van der Waals surface area contributed by atoms with Gasteiger partial charge >= 0.3 is 0 Å². The predicted molar refractivity (Wildman–Crippen MR) is 103 cm³/mol. The molecule has 2 heterocycles. The third kappa shape index (κ3) is 3.61. The van der Waals surface area contributed by atoms with Gasteiger partial charge < -0.3 is 4.42 Å². The Bertz CT molecular complexity index is 1220. The Labute approximate surface area is 159 Å². The average molecular weight is 395 g/mol. The highest BCUT2D eigenvalue weighted by Gasteiger charge is 2.16. The third-order valence-electron chi connectivity index (χ3n) is 3.90. The van der Waals surface area contributed by atoms with Crippen LogP contribution in [0.25, 0.3) is 21.0 Å². The maximum atomic E-state index is 12.4. The number of hydrogen-bond acceptors (Lipinski definition) is 6. The van der Waals surface area contributed by atoms with Crippen LogP contribution >= 0.6 is 11.3 Å². The first-order valence-corrected chi connectivity index (χ1v) is 10.3. The number of rotatable bonds is 5. The Kier molecular flexibility index (Phi) is 4.49. The van der Waals surface area contributed by atoms with Gasteiger partial charge in [0, 0.05) is 0 Å². The van der Waals surface area contributed by atoms with E-state index in [1.807, 2.05) is 30.3 Å². The van der Waals surface area contributed by atoms with Gasteiger partial charge in [0.1, 0.15) is 5.76 Å². The molecule has 0 saturated heterocycles. The van der Waals surface area contributed by atoms with Crippen molar-refractivity contribution in [3.05, 3.63) is 72.0 Å². The lowest BCUT2D eigenvalue weighted by atomic mass is 10.2. The van der Waals surface area contributed by atoms with Crippen molar-refractivity contribution >= 4 is 31.6 Å². The molecular formula is C19H13N3O3S2. The van der Waals surface area contributed by atoms with E-state index in [9.17, 15) is 8.42 Å². The van der Waals surface area contributed by atoms with E-state index in [-0.39, 0.29) is 11.4 Å². The van der Waals surface area contributed by atoms with Crippen LogP contribution in [-0.2, 0) is 16.6 Å². The highest BCUT2D eigenvalue weighted by atomic mass is 32.2. The van der Waals surface area contributed by atoms with Crippen LogP contribution in [0.1, 0.15) is 11.3 Å². The molecule has 134 valence electrons. The Hall–Kier alpha value is -2.99. The fourth-order valence-corrected chi connectivity index (χ4v) is 4.44. The van der Waals surface area contributed by atoms with Crippen LogP contribution in [0.15, 0.2) is 70.0 Å². The molecule has 8 heteroatoms. The zero-order valence-electron chi connectivity index (χ0n) is 13.9. The van der Waals surface area contributed by atoms with Gasteiger partial charge in [0.25, 0.3) is 0 Å². The van der Waals surface area contributed by atoms with Gasteiger partial charge in [0.05, 0.1) is 33.3 Å². The van der Waals surface area contributed by atoms with Crippen LogP contribution < -0.4 is 4.72 Å². The van der Waals surface area contributed by atoms with Crippen molar-refractivity contribution < 1.29 is 12.8 Å². The van der Waals surface area contributed by atoms with Crippen LogP contribution in [0.4, 0.5) is 0 Å². The van der Waals surface area contributed by atoms with Crippen molar-refractivity contribution in [3.63, 3.8) is 0 Å². The van der Waals surface area contributed by atoms with Crippen LogP contribution in [0.2, 0.25) is 0 Å². The number of fused-ring (bicyclic) bond motifs is 1. The van der Waals surface area contributed by atoms with E-state index < -0.39 is 10.0 Å². The smallest absolute Gasteiger partial charge is 0.240 e. The van der Waals surface area contributed by atoms with Gasteiger partial charge in [-0.1, -0.05) is 12.1 Å². The minimum absolute atomic E-state index is 0.0211. The molecule has 4 aromatic rings. The Morgan fingerprint density at radius 3 is 2.59 bits per heavy atom. The molecule has 27 heavy (non-hydrogen) atoms. The van der Waals surface area contributed by atoms with Crippen molar-refractivity contribution in [2.24, 2.45) is 0 Å². The second kappa shape index (κ2) is 6.96. The number of nitriles is 1. The maximum absolute atomic E-state index is 12.4. The highest BCUT2D eigenvalue weighted by molar-refractivity contribution is 7.89. The zero-order valence-corrected chi connectivity index (χ0v) is 15.5. The summed E-state index contributed by atoms with van der Waals surface area (Å²) < 4.78 is 34.0. The molecule has 0 atom stereocenters. The molecule has 0 amide bonds. The Balaban J connectivity index is 1.49. The van der Waals surface area contributed by atoms with E-state index in [1.54, 1.807) is 12.1 Å². The van der Waals surface area contributed by atoms with E-state index in [1.165, 1.54) is 35.6 Å². The molecular weight excluding hydrogens is 382 g/mol. The Morgan fingerprint density at radius 1 is 1.07 bits per heavy atom. The maximum Gasteiger partial charge on any atom is 0.240 e. The minimum atomic E-state index is -3.69. The zero-order chi connectivity index (χ0) is 18.9. The van der Waals surface area contributed by atoms with Crippen LogP contribution in [0.3, 0.4) is 0 Å². The lowest BCUT2D eigenvalue weighted by Gasteiger charge is -2.05. The molecule has 1 N–H and O–H groups in total. The van der Waals surface area contributed by atoms with Gasteiger partial charge in [-0.15, -0.1) is 11.3 Å². The second-order valence-electron chi connectivity index (χ2n) is 5.71. The predicted octanol–water partition coefficient (Wildman–Crippen LogP) is 3.91. The summed E-state index contributed by atoms with van der Waals surface area (Å²) in [5.74, 6) is 1.09. The molecule has 0 radical (unpaired) electrons. The summed E-state index contributed by atoms with van der Waals surface area (Å²) in [5, 5.41) is 9.54. The van der Waals surface area contributed by atoms with Gasteiger partial charge in [0.15, 0.2) is 10.8 Å². The van der Waals surface area contributed by atoms with Crippen molar-refractivity contribution in [1.82, 2.24) is 9.71 Å². The number of thiazole rings is 1. The SMILES string of the molecule is N#Cc1ccc(S(=O)(=O)NCc2ccc(-c3nc4ccccc4s3)o2)cc1. The van der Waals surface area contributed by atoms with Crippen molar-refractivity contribution in [2.45, 2.75) is 11.4 Å². The van der Waals surface area contributed by atoms with Crippen molar-refractivity contribution in [2.75, 3.05) is 0 Å². The van der Waals surface area contributed by atoms with Gasteiger partial charge in [-0.3, -0.25) is 0 Å². The number of sulfonamides is 1. The molecule has 2 aromatic carbocycles. The summed E-state index contributed by atoms with van der Waals surface area (Å²) in [6, 6.07) is 19.0. The second-order valence-corrected chi connectivity index (χ2v) is 8.51. The largest absolute Gasteiger partial charge is 0.457 e. The number of nitrogens with one attached hydrogen (secondary N) is 1. The first-order valence-electron chi connectivity index (χ1n) is 8.00. The quantitative estimate of drug-likeness (QED) is 0.553. The molecule has 4 rings (SSSR count). The van der Waals surface area contributed by atoms with E-state index in [4.69, 9.17) is 9.68 Å². The molecule has 2 aromatic heterocycles. The van der Waals surface area contributed by atoms with E-state index in [2.05, 4.69) is 9.71 Å². The molecule has 0 spiro atoms. The van der Waals surface area contributed by atoms with Crippen LogP contribution in [0, 0.1) is 11.3 Å². The van der Waals surface area contributed by atoms with E-state index >= 15 is 0 Å². The highest BCUT2D eigenvalue weighted by Crippen LogP contribution is 2.31. The summed E-state index contributed by atoms with van der Waals surface area (Å²) in [6.07, 6.45) is 0. The first-order chi connectivity index (χ1) is 13.0. The van der Waals surface area contributed by atoms with Crippen molar-refractivity contribution in [3.8, 4) is 16.8 Å². The summed E-state index contributed by atoms with van der Waals surface area (Å²) >= 11 is 1.52. The standard InChI is InChI=1S/C19H13N3O3S2/c20-11-13-5-8-15(9-6-13)27(23,24)21-12-14-7-10-17(25-14)19-22-16-3-1-2-4-18(16)26-19/h1-10,21H,12H2.